The normalized spacial score (nSPS) is 10.1. The number of carbonyl (C=O) groups is 1. The molecule has 0 saturated heterocycles. The summed E-state index contributed by atoms with van der Waals surface area (Å²) in [5.74, 6) is -0.509. The van der Waals surface area contributed by atoms with E-state index in [-0.39, 0.29) is 24.5 Å². The Balaban J connectivity index is 2.66. The van der Waals surface area contributed by atoms with Crippen molar-refractivity contribution in [2.45, 2.75) is 6.42 Å². The van der Waals surface area contributed by atoms with Gasteiger partial charge in [0.05, 0.1) is 18.1 Å². The minimum absolute atomic E-state index is 0.00823. The van der Waals surface area contributed by atoms with Crippen LogP contribution >= 0.6 is 0 Å². The van der Waals surface area contributed by atoms with Gasteiger partial charge in [0.15, 0.2) is 0 Å². The van der Waals surface area contributed by atoms with Crippen molar-refractivity contribution < 1.29 is 13.9 Å². The van der Waals surface area contributed by atoms with Crippen LogP contribution in [0.3, 0.4) is 0 Å². The predicted octanol–water partition coefficient (Wildman–Crippen LogP) is 1.63. The minimum Gasteiger partial charge on any atom is -0.388 e. The molecule has 4 N–H and O–H groups in total. The zero-order valence-electron chi connectivity index (χ0n) is 11.4. The van der Waals surface area contributed by atoms with Crippen LogP contribution in [-0.4, -0.2) is 43.6 Å². The van der Waals surface area contributed by atoms with Crippen molar-refractivity contribution in [2.24, 2.45) is 5.73 Å². The fourth-order valence-corrected chi connectivity index (χ4v) is 1.53. The molecule has 0 atom stereocenters. The number of hydrogen-bond donors (Lipinski definition) is 3. The number of rotatable bonds is 7. The summed E-state index contributed by atoms with van der Waals surface area (Å²) < 4.78 is 18.4. The van der Waals surface area contributed by atoms with Crippen molar-refractivity contribution in [1.82, 2.24) is 4.90 Å². The van der Waals surface area contributed by atoms with Gasteiger partial charge in [-0.1, -0.05) is 12.1 Å². The Kier molecular flexibility index (Phi) is 6.45. The Labute approximate surface area is 117 Å². The van der Waals surface area contributed by atoms with Crippen LogP contribution in [0.5, 0.6) is 0 Å². The third-order valence-electron chi connectivity index (χ3n) is 2.62. The first kappa shape index (κ1) is 15.9. The molecule has 1 aromatic carbocycles. The zero-order chi connectivity index (χ0) is 15.0. The number of ether oxygens (including phenoxy) is 1. The first-order valence-electron chi connectivity index (χ1n) is 6.17. The number of benzene rings is 1. The number of carbonyl (C=O) groups excluding carboxylic acids is 1. The molecule has 0 fully saturated rings. The Morgan fingerprint density at radius 2 is 2.15 bits per heavy atom. The fraction of sp³-hybridized carbons (Fsp3) is 0.385. The van der Waals surface area contributed by atoms with Crippen molar-refractivity contribution in [2.75, 3.05) is 32.1 Å². The van der Waals surface area contributed by atoms with E-state index in [2.05, 4.69) is 5.32 Å². The Morgan fingerprint density at radius 1 is 1.45 bits per heavy atom. The number of amidine groups is 1. The number of methoxy groups -OCH3 is 1. The van der Waals surface area contributed by atoms with Gasteiger partial charge in [0.2, 0.25) is 0 Å². The topological polar surface area (TPSA) is 91.4 Å². The summed E-state index contributed by atoms with van der Waals surface area (Å²) in [6.07, 6.45) is 0.258. The summed E-state index contributed by atoms with van der Waals surface area (Å²) >= 11 is 0. The number of nitrogens with two attached hydrogens (primary N) is 1. The molecule has 0 radical (unpaired) electrons. The zero-order valence-corrected chi connectivity index (χ0v) is 11.4. The van der Waals surface area contributed by atoms with Crippen LogP contribution in [0.25, 0.3) is 0 Å². The van der Waals surface area contributed by atoms with Gasteiger partial charge < -0.3 is 20.7 Å². The second kappa shape index (κ2) is 8.11. The van der Waals surface area contributed by atoms with E-state index in [9.17, 15) is 9.18 Å². The average Bonchev–Trinajstić information content (AvgIpc) is 2.41. The molecule has 0 aliphatic rings. The fourth-order valence-electron chi connectivity index (χ4n) is 1.53. The lowest BCUT2D eigenvalue weighted by Gasteiger charge is -2.22. The van der Waals surface area contributed by atoms with Crippen LogP contribution in [0.1, 0.15) is 6.42 Å². The molecule has 0 bridgehead atoms. The van der Waals surface area contributed by atoms with E-state index < -0.39 is 11.8 Å². The van der Waals surface area contributed by atoms with Gasteiger partial charge in [-0.2, -0.15) is 0 Å². The van der Waals surface area contributed by atoms with Gasteiger partial charge in [-0.05, 0) is 12.1 Å². The number of nitrogens with zero attached hydrogens (tertiary/aromatic N) is 1. The first-order valence-corrected chi connectivity index (χ1v) is 6.17. The van der Waals surface area contributed by atoms with Crippen molar-refractivity contribution in [3.8, 4) is 0 Å². The van der Waals surface area contributed by atoms with E-state index in [0.717, 1.165) is 0 Å². The highest BCUT2D eigenvalue weighted by molar-refractivity contribution is 5.89. The summed E-state index contributed by atoms with van der Waals surface area (Å²) in [5, 5.41) is 9.68. The second-order valence-corrected chi connectivity index (χ2v) is 4.17. The SMILES string of the molecule is COCCN(CCC(=N)N)C(=O)Nc1ccccc1F. The lowest BCUT2D eigenvalue weighted by atomic mass is 10.3. The van der Waals surface area contributed by atoms with Gasteiger partial charge in [0, 0.05) is 26.6 Å². The Morgan fingerprint density at radius 3 is 2.75 bits per heavy atom. The third-order valence-corrected chi connectivity index (χ3v) is 2.62. The molecule has 2 amide bonds. The number of halogens is 1. The molecule has 0 spiro atoms. The van der Waals surface area contributed by atoms with Gasteiger partial charge in [0.1, 0.15) is 5.82 Å². The molecule has 1 aromatic rings. The van der Waals surface area contributed by atoms with Crippen LogP contribution in [0, 0.1) is 11.2 Å². The molecule has 0 aromatic heterocycles. The van der Waals surface area contributed by atoms with Crippen molar-refractivity contribution in [3.05, 3.63) is 30.1 Å². The summed E-state index contributed by atoms with van der Waals surface area (Å²) in [6, 6.07) is 5.47. The Hall–Kier alpha value is -2.15. The van der Waals surface area contributed by atoms with E-state index in [0.29, 0.717) is 13.2 Å². The van der Waals surface area contributed by atoms with Crippen molar-refractivity contribution in [1.29, 1.82) is 5.41 Å². The van der Waals surface area contributed by atoms with Crippen LogP contribution in [-0.2, 0) is 4.74 Å². The molecular weight excluding hydrogens is 263 g/mol. The van der Waals surface area contributed by atoms with Crippen LogP contribution in [0.4, 0.5) is 14.9 Å². The van der Waals surface area contributed by atoms with Gasteiger partial charge in [-0.25, -0.2) is 9.18 Å². The standard InChI is InChI=1S/C13H19FN4O2/c1-20-9-8-18(7-6-12(15)16)13(19)17-11-5-3-2-4-10(11)14/h2-5H,6-9H2,1H3,(H3,15,16)(H,17,19). The van der Waals surface area contributed by atoms with Crippen LogP contribution < -0.4 is 11.1 Å². The molecule has 20 heavy (non-hydrogen) atoms. The van der Waals surface area contributed by atoms with E-state index in [1.807, 2.05) is 0 Å². The summed E-state index contributed by atoms with van der Waals surface area (Å²) in [7, 11) is 1.53. The summed E-state index contributed by atoms with van der Waals surface area (Å²) in [4.78, 5) is 13.5. The third kappa shape index (κ3) is 5.23. The lowest BCUT2D eigenvalue weighted by molar-refractivity contribution is 0.156. The maximum atomic E-state index is 13.5. The number of urea groups is 1. The molecule has 0 aliphatic carbocycles. The highest BCUT2D eigenvalue weighted by Gasteiger charge is 2.15. The molecule has 7 heteroatoms. The Bertz CT molecular complexity index is 467. The molecule has 0 aliphatic heterocycles. The second-order valence-electron chi connectivity index (χ2n) is 4.17. The first-order chi connectivity index (χ1) is 9.54. The average molecular weight is 282 g/mol. The van der Waals surface area contributed by atoms with Crippen molar-refractivity contribution >= 4 is 17.6 Å². The summed E-state index contributed by atoms with van der Waals surface area (Å²) in [6.45, 7) is 0.964. The van der Waals surface area contributed by atoms with Gasteiger partial charge in [0.25, 0.3) is 0 Å². The number of hydrogen-bond acceptors (Lipinski definition) is 3. The van der Waals surface area contributed by atoms with Gasteiger partial charge in [-0.15, -0.1) is 0 Å². The molecule has 110 valence electrons. The van der Waals surface area contributed by atoms with Gasteiger partial charge in [-0.3, -0.25) is 5.41 Å². The smallest absolute Gasteiger partial charge is 0.322 e. The van der Waals surface area contributed by atoms with E-state index in [1.54, 1.807) is 12.1 Å². The number of amides is 2. The van der Waals surface area contributed by atoms with Crippen LogP contribution in [0.2, 0.25) is 0 Å². The quantitative estimate of drug-likeness (QED) is 0.524. The molecule has 0 unspecified atom stereocenters. The predicted molar refractivity (Wildman–Crippen MR) is 75.4 cm³/mol. The monoisotopic (exact) mass is 282 g/mol. The summed E-state index contributed by atoms with van der Waals surface area (Å²) in [5.41, 5.74) is 5.39. The molecular formula is C13H19FN4O2. The number of anilines is 1. The minimum atomic E-state index is -0.501. The van der Waals surface area contributed by atoms with Crippen LogP contribution in [0.15, 0.2) is 24.3 Å². The molecule has 0 saturated carbocycles. The number of nitrogens with one attached hydrogen (secondary N) is 2. The van der Waals surface area contributed by atoms with Gasteiger partial charge >= 0.3 is 6.03 Å². The highest BCUT2D eigenvalue weighted by atomic mass is 19.1. The largest absolute Gasteiger partial charge is 0.388 e. The van der Waals surface area contributed by atoms with E-state index in [1.165, 1.54) is 24.1 Å². The molecule has 6 nitrogen and oxygen atoms in total. The molecule has 0 heterocycles. The molecule has 1 rings (SSSR count). The van der Waals surface area contributed by atoms with E-state index in [4.69, 9.17) is 15.9 Å². The van der Waals surface area contributed by atoms with E-state index >= 15 is 0 Å². The van der Waals surface area contributed by atoms with Crippen molar-refractivity contribution in [3.63, 3.8) is 0 Å². The highest BCUT2D eigenvalue weighted by Crippen LogP contribution is 2.13. The number of para-hydroxylation sites is 1. The lowest BCUT2D eigenvalue weighted by Crippen LogP contribution is -2.39. The maximum absolute atomic E-state index is 13.5. The maximum Gasteiger partial charge on any atom is 0.322 e.